The van der Waals surface area contributed by atoms with E-state index in [9.17, 15) is 4.79 Å². The molecular weight excluding hydrogens is 222 g/mol. The van der Waals surface area contributed by atoms with Gasteiger partial charge in [-0.05, 0) is 43.3 Å². The number of likely N-dealkylation sites (tertiary alicyclic amines) is 1. The number of piperidine rings is 1. The van der Waals surface area contributed by atoms with Crippen LogP contribution < -0.4 is 0 Å². The Kier molecular flexibility index (Phi) is 6.21. The van der Waals surface area contributed by atoms with E-state index in [0.717, 1.165) is 38.3 Å². The van der Waals surface area contributed by atoms with Crippen LogP contribution >= 0.6 is 0 Å². The summed E-state index contributed by atoms with van der Waals surface area (Å²) in [6.45, 7) is 10.2. The first kappa shape index (κ1) is 15.0. The lowest BCUT2D eigenvalue weighted by Crippen LogP contribution is -2.40. The molecule has 1 saturated heterocycles. The van der Waals surface area contributed by atoms with Crippen LogP contribution in [0.3, 0.4) is 0 Å². The van der Waals surface area contributed by atoms with Crippen molar-refractivity contribution in [3.05, 3.63) is 17.9 Å². The molecule has 1 aliphatic heterocycles. The molecule has 0 aromatic heterocycles. The van der Waals surface area contributed by atoms with Gasteiger partial charge in [0.2, 0.25) is 5.91 Å². The maximum absolute atomic E-state index is 11.8. The van der Waals surface area contributed by atoms with Gasteiger partial charge in [0.25, 0.3) is 0 Å². The van der Waals surface area contributed by atoms with Gasteiger partial charge in [0.05, 0.1) is 0 Å². The second-order valence-corrected chi connectivity index (χ2v) is 5.94. The maximum atomic E-state index is 11.8. The zero-order valence-corrected chi connectivity index (χ0v) is 12.3. The lowest BCUT2D eigenvalue weighted by Gasteiger charge is -2.32. The fraction of sp³-hybridized carbons (Fsp3) is 0.750. The van der Waals surface area contributed by atoms with E-state index in [0.29, 0.717) is 11.8 Å². The van der Waals surface area contributed by atoms with E-state index < -0.39 is 0 Å². The molecule has 0 atom stereocenters. The van der Waals surface area contributed by atoms with Crippen molar-refractivity contribution in [2.45, 2.75) is 47.0 Å². The first-order valence-corrected chi connectivity index (χ1v) is 7.20. The molecule has 0 aromatic rings. The minimum Gasteiger partial charge on any atom is -0.342 e. The van der Waals surface area contributed by atoms with Gasteiger partial charge in [0, 0.05) is 19.0 Å². The van der Waals surface area contributed by atoms with Gasteiger partial charge in [-0.3, -0.25) is 4.79 Å². The summed E-state index contributed by atoms with van der Waals surface area (Å²) in [4.78, 5) is 13.9. The van der Waals surface area contributed by atoms with E-state index in [1.54, 1.807) is 0 Å². The molecule has 102 valence electrons. The number of hydrogen-bond acceptors (Lipinski definition) is 1. The number of hydrogen-bond donors (Lipinski definition) is 0. The van der Waals surface area contributed by atoms with Gasteiger partial charge in [-0.1, -0.05) is 27.7 Å². The van der Waals surface area contributed by atoms with Gasteiger partial charge in [-0.25, -0.2) is 0 Å². The minimum absolute atomic E-state index is 0.135. The first-order valence-electron chi connectivity index (χ1n) is 7.20. The average molecular weight is 249 g/mol. The van der Waals surface area contributed by atoms with E-state index >= 15 is 0 Å². The highest BCUT2D eigenvalue weighted by atomic mass is 16.2. The second-order valence-electron chi connectivity index (χ2n) is 5.94. The van der Waals surface area contributed by atoms with E-state index in [4.69, 9.17) is 0 Å². The molecule has 0 N–H and O–H groups in total. The van der Waals surface area contributed by atoms with Crippen molar-refractivity contribution >= 4 is 5.91 Å². The average Bonchev–Trinajstić information content (AvgIpc) is 2.34. The van der Waals surface area contributed by atoms with Gasteiger partial charge < -0.3 is 4.90 Å². The third-order valence-corrected chi connectivity index (χ3v) is 3.42. The van der Waals surface area contributed by atoms with Gasteiger partial charge >= 0.3 is 0 Å². The largest absolute Gasteiger partial charge is 0.342 e. The van der Waals surface area contributed by atoms with Crippen LogP contribution in [0, 0.1) is 17.8 Å². The monoisotopic (exact) mass is 249 g/mol. The molecule has 0 aliphatic carbocycles. The van der Waals surface area contributed by atoms with E-state index in [2.05, 4.69) is 31.7 Å². The predicted molar refractivity (Wildman–Crippen MR) is 76.3 cm³/mol. The lowest BCUT2D eigenvalue weighted by molar-refractivity contribution is -0.135. The summed E-state index contributed by atoms with van der Waals surface area (Å²) in [5.41, 5.74) is 3.25. The number of rotatable bonds is 4. The molecule has 0 radical (unpaired) electrons. The number of carbonyl (C=O) groups excluding carboxylic acids is 1. The molecule has 1 fully saturated rings. The Balaban J connectivity index is 2.32. The summed E-state index contributed by atoms with van der Waals surface area (Å²) >= 11 is 0. The Morgan fingerprint density at radius 3 is 2.39 bits per heavy atom. The molecule has 1 rings (SSSR count). The summed E-state index contributed by atoms with van der Waals surface area (Å²) < 4.78 is 0. The Morgan fingerprint density at radius 2 is 1.89 bits per heavy atom. The number of nitrogens with zero attached hydrogens (tertiary/aromatic N) is 1. The zero-order chi connectivity index (χ0) is 13.5. The summed E-state index contributed by atoms with van der Waals surface area (Å²) in [7, 11) is 0. The molecule has 0 aromatic carbocycles. The summed E-state index contributed by atoms with van der Waals surface area (Å²) in [6, 6.07) is 0. The van der Waals surface area contributed by atoms with Crippen LogP contribution in [0.5, 0.6) is 0 Å². The van der Waals surface area contributed by atoms with Crippen LogP contribution in [0.25, 0.3) is 0 Å². The Hall–Kier alpha value is -1.01. The molecule has 2 heteroatoms. The van der Waals surface area contributed by atoms with Crippen LogP contribution in [-0.4, -0.2) is 23.9 Å². The molecule has 0 unspecified atom stereocenters. The smallest absolute Gasteiger partial charge is 0.225 e. The second kappa shape index (κ2) is 7.43. The van der Waals surface area contributed by atoms with Crippen molar-refractivity contribution in [2.75, 3.05) is 13.1 Å². The highest BCUT2D eigenvalue weighted by Crippen LogP contribution is 2.21. The van der Waals surface area contributed by atoms with Crippen LogP contribution in [-0.2, 0) is 4.79 Å². The topological polar surface area (TPSA) is 20.3 Å². The molecular formula is C16H27NO. The molecule has 1 aliphatic rings. The van der Waals surface area contributed by atoms with Crippen molar-refractivity contribution in [1.29, 1.82) is 0 Å². The van der Waals surface area contributed by atoms with Gasteiger partial charge in [-0.2, -0.15) is 0 Å². The van der Waals surface area contributed by atoms with E-state index in [1.165, 1.54) is 0 Å². The molecule has 1 heterocycles. The molecule has 18 heavy (non-hydrogen) atoms. The molecule has 1 amide bonds. The van der Waals surface area contributed by atoms with Crippen LogP contribution in [0.1, 0.15) is 47.0 Å². The fourth-order valence-corrected chi connectivity index (χ4v) is 2.25. The van der Waals surface area contributed by atoms with Crippen LogP contribution in [0.15, 0.2) is 17.9 Å². The van der Waals surface area contributed by atoms with Gasteiger partial charge in [-0.15, -0.1) is 5.73 Å². The third-order valence-electron chi connectivity index (χ3n) is 3.42. The van der Waals surface area contributed by atoms with E-state index in [-0.39, 0.29) is 5.92 Å². The highest BCUT2D eigenvalue weighted by Gasteiger charge is 2.23. The zero-order valence-electron chi connectivity index (χ0n) is 12.3. The predicted octanol–water partition coefficient (Wildman–Crippen LogP) is 3.64. The Labute approximate surface area is 112 Å². The Morgan fingerprint density at radius 1 is 1.28 bits per heavy atom. The summed E-state index contributed by atoms with van der Waals surface area (Å²) in [5.74, 6) is 1.75. The van der Waals surface area contributed by atoms with Crippen molar-refractivity contribution in [1.82, 2.24) is 4.90 Å². The molecule has 2 nitrogen and oxygen atoms in total. The first-order chi connectivity index (χ1) is 8.50. The highest BCUT2D eigenvalue weighted by molar-refractivity contribution is 5.78. The number of allylic oxidation sites excluding steroid dienone is 1. The minimum atomic E-state index is 0.135. The molecule has 0 saturated carbocycles. The normalized spacial score (nSPS) is 16.9. The Bertz CT molecular complexity index is 316. The van der Waals surface area contributed by atoms with Crippen molar-refractivity contribution in [3.8, 4) is 0 Å². The number of carbonyl (C=O) groups is 1. The fourth-order valence-electron chi connectivity index (χ4n) is 2.25. The van der Waals surface area contributed by atoms with Crippen LogP contribution in [0.2, 0.25) is 0 Å². The molecule has 0 spiro atoms. The third kappa shape index (κ3) is 5.10. The van der Waals surface area contributed by atoms with Gasteiger partial charge in [0.15, 0.2) is 0 Å². The quantitative estimate of drug-likeness (QED) is 0.697. The maximum Gasteiger partial charge on any atom is 0.225 e. The molecule has 0 bridgehead atoms. The SMILES string of the molecule is CC(C)C=C=CCC1CCN(C(=O)C(C)C)CC1. The van der Waals surface area contributed by atoms with E-state index in [1.807, 2.05) is 18.7 Å². The van der Waals surface area contributed by atoms with Crippen molar-refractivity contribution < 1.29 is 4.79 Å². The number of amides is 1. The summed E-state index contributed by atoms with van der Waals surface area (Å²) in [5, 5.41) is 0. The standard InChI is InChI=1S/C16H27NO/c1-13(2)7-5-6-8-15-9-11-17(12-10-15)16(18)14(3)4/h6-7,13-15H,8-12H2,1-4H3. The van der Waals surface area contributed by atoms with Crippen LogP contribution in [0.4, 0.5) is 0 Å². The summed E-state index contributed by atoms with van der Waals surface area (Å²) in [6.07, 6.45) is 7.64. The van der Waals surface area contributed by atoms with Gasteiger partial charge in [0.1, 0.15) is 0 Å². The van der Waals surface area contributed by atoms with Crippen molar-refractivity contribution in [3.63, 3.8) is 0 Å². The van der Waals surface area contributed by atoms with Crippen molar-refractivity contribution in [2.24, 2.45) is 17.8 Å². The lowest BCUT2D eigenvalue weighted by atomic mass is 9.93.